The first-order valence-corrected chi connectivity index (χ1v) is 12.8. The summed E-state index contributed by atoms with van der Waals surface area (Å²) in [4.78, 5) is 39.7. The molecule has 1 aliphatic carbocycles. The Bertz CT molecular complexity index is 1250. The van der Waals surface area contributed by atoms with Crippen LogP contribution in [0.2, 0.25) is 0 Å². The maximum absolute atomic E-state index is 13.3. The highest BCUT2D eigenvalue weighted by Crippen LogP contribution is 2.37. The van der Waals surface area contributed by atoms with E-state index in [4.69, 9.17) is 14.6 Å². The molecule has 0 aromatic heterocycles. The zero-order valence-electron chi connectivity index (χ0n) is 21.2. The number of unbranched alkanes of at least 4 members (excludes halogenated alkanes) is 2. The molecule has 192 valence electrons. The summed E-state index contributed by atoms with van der Waals surface area (Å²) >= 11 is 0. The summed E-state index contributed by atoms with van der Waals surface area (Å²) in [5.74, 6) is 0.763. The predicted molar refractivity (Wildman–Crippen MR) is 139 cm³/mol. The molecular weight excluding hydrogens is 470 g/mol. The van der Waals surface area contributed by atoms with Crippen molar-refractivity contribution < 1.29 is 23.9 Å². The third kappa shape index (κ3) is 4.63. The van der Waals surface area contributed by atoms with E-state index in [0.717, 1.165) is 30.5 Å². The molecule has 0 saturated heterocycles. The molecule has 2 aromatic carbocycles. The molecule has 3 aliphatic rings. The standard InChI is InChI=1S/C29H31N3O5/c1-36-24-15-14-19(18-25(24)37-2)26-20-10-4-5-11-21(20)29(35)32(30-26)17-9-3-8-16-31-27(33)22-12-6-7-13-23(22)28(31)34/h4-7,12-15,18,20-21H,3,8-11,16-17H2,1-2H3/t20-,21+/m0/s1. The Balaban J connectivity index is 1.24. The van der Waals surface area contributed by atoms with Crippen molar-refractivity contribution in [3.8, 4) is 11.5 Å². The monoisotopic (exact) mass is 501 g/mol. The highest BCUT2D eigenvalue weighted by atomic mass is 16.5. The van der Waals surface area contributed by atoms with Crippen molar-refractivity contribution in [1.82, 2.24) is 9.91 Å². The van der Waals surface area contributed by atoms with E-state index in [9.17, 15) is 14.4 Å². The molecular formula is C29H31N3O5. The number of carbonyl (C=O) groups excluding carboxylic acids is 3. The first-order valence-electron chi connectivity index (χ1n) is 12.8. The number of benzene rings is 2. The summed E-state index contributed by atoms with van der Waals surface area (Å²) in [6.45, 7) is 0.862. The van der Waals surface area contributed by atoms with E-state index in [1.165, 1.54) is 4.90 Å². The van der Waals surface area contributed by atoms with E-state index in [1.807, 2.05) is 18.2 Å². The van der Waals surface area contributed by atoms with Gasteiger partial charge >= 0.3 is 0 Å². The van der Waals surface area contributed by atoms with Crippen molar-refractivity contribution in [3.63, 3.8) is 0 Å². The fourth-order valence-electron chi connectivity index (χ4n) is 5.41. The number of fused-ring (bicyclic) bond motifs is 2. The number of rotatable bonds is 9. The minimum Gasteiger partial charge on any atom is -0.493 e. The lowest BCUT2D eigenvalue weighted by Crippen LogP contribution is -2.45. The van der Waals surface area contributed by atoms with E-state index in [1.54, 1.807) is 43.5 Å². The molecule has 8 nitrogen and oxygen atoms in total. The fourth-order valence-corrected chi connectivity index (χ4v) is 5.41. The van der Waals surface area contributed by atoms with Crippen molar-refractivity contribution in [2.75, 3.05) is 27.3 Å². The molecule has 2 atom stereocenters. The summed E-state index contributed by atoms with van der Waals surface area (Å²) in [6.07, 6.45) is 7.85. The number of carbonyl (C=O) groups is 3. The second-order valence-corrected chi connectivity index (χ2v) is 9.54. The molecule has 3 amide bonds. The summed E-state index contributed by atoms with van der Waals surface area (Å²) in [5.41, 5.74) is 2.76. The average molecular weight is 502 g/mol. The number of ether oxygens (including phenoxy) is 2. The van der Waals surface area contributed by atoms with Crippen molar-refractivity contribution in [2.45, 2.75) is 32.1 Å². The largest absolute Gasteiger partial charge is 0.493 e. The van der Waals surface area contributed by atoms with Gasteiger partial charge in [0.05, 0.1) is 37.0 Å². The SMILES string of the molecule is COc1ccc(C2=NN(CCCCCN3C(=O)c4ccccc4C3=O)C(=O)[C@@H]3CC=CC[C@H]23)cc1OC. The quantitative estimate of drug-likeness (QED) is 0.290. The minimum atomic E-state index is -0.229. The molecule has 0 spiro atoms. The third-order valence-electron chi connectivity index (χ3n) is 7.39. The van der Waals surface area contributed by atoms with Gasteiger partial charge in [0, 0.05) is 24.6 Å². The van der Waals surface area contributed by atoms with Gasteiger partial charge in [-0.15, -0.1) is 0 Å². The van der Waals surface area contributed by atoms with Crippen LogP contribution in [0, 0.1) is 11.8 Å². The molecule has 37 heavy (non-hydrogen) atoms. The Morgan fingerprint density at radius 2 is 1.46 bits per heavy atom. The molecule has 0 radical (unpaired) electrons. The number of allylic oxidation sites excluding steroid dienone is 2. The van der Waals surface area contributed by atoms with Crippen molar-refractivity contribution in [2.24, 2.45) is 16.9 Å². The van der Waals surface area contributed by atoms with Gasteiger partial charge < -0.3 is 9.47 Å². The maximum Gasteiger partial charge on any atom is 0.261 e. The van der Waals surface area contributed by atoms with Gasteiger partial charge in [-0.25, -0.2) is 5.01 Å². The lowest BCUT2D eigenvalue weighted by molar-refractivity contribution is -0.137. The highest BCUT2D eigenvalue weighted by molar-refractivity contribution is 6.21. The highest BCUT2D eigenvalue weighted by Gasteiger charge is 2.40. The van der Waals surface area contributed by atoms with Gasteiger partial charge in [0.15, 0.2) is 11.5 Å². The Hall–Kier alpha value is -3.94. The van der Waals surface area contributed by atoms with Crippen LogP contribution in [0.25, 0.3) is 0 Å². The molecule has 0 saturated carbocycles. The van der Waals surface area contributed by atoms with Crippen LogP contribution in [0.15, 0.2) is 59.7 Å². The molecule has 0 N–H and O–H groups in total. The number of hydrogen-bond donors (Lipinski definition) is 0. The van der Waals surface area contributed by atoms with Gasteiger partial charge in [-0.1, -0.05) is 24.3 Å². The van der Waals surface area contributed by atoms with Crippen LogP contribution in [0.1, 0.15) is 58.4 Å². The Morgan fingerprint density at radius 3 is 2.14 bits per heavy atom. The summed E-state index contributed by atoms with van der Waals surface area (Å²) in [6, 6.07) is 12.7. The molecule has 0 bridgehead atoms. The lowest BCUT2D eigenvalue weighted by atomic mass is 9.76. The molecule has 2 aromatic rings. The number of hydrazone groups is 1. The van der Waals surface area contributed by atoms with Crippen LogP contribution in [0.5, 0.6) is 11.5 Å². The fraction of sp³-hybridized carbons (Fsp3) is 0.379. The topological polar surface area (TPSA) is 88.5 Å². The zero-order valence-corrected chi connectivity index (χ0v) is 21.2. The molecule has 2 heterocycles. The van der Waals surface area contributed by atoms with Gasteiger partial charge in [0.1, 0.15) is 0 Å². The van der Waals surface area contributed by atoms with Crippen LogP contribution in [0.3, 0.4) is 0 Å². The van der Waals surface area contributed by atoms with Crippen molar-refractivity contribution in [3.05, 3.63) is 71.3 Å². The second-order valence-electron chi connectivity index (χ2n) is 9.54. The second kappa shape index (κ2) is 10.6. The average Bonchev–Trinajstić information content (AvgIpc) is 3.18. The predicted octanol–water partition coefficient (Wildman–Crippen LogP) is 4.30. The zero-order chi connectivity index (χ0) is 25.9. The summed E-state index contributed by atoms with van der Waals surface area (Å²) < 4.78 is 10.9. The van der Waals surface area contributed by atoms with E-state index in [-0.39, 0.29) is 29.6 Å². The number of amides is 3. The lowest BCUT2D eigenvalue weighted by Gasteiger charge is -2.37. The van der Waals surface area contributed by atoms with Gasteiger partial charge in [0.25, 0.3) is 11.8 Å². The van der Waals surface area contributed by atoms with Gasteiger partial charge in [0.2, 0.25) is 5.91 Å². The summed E-state index contributed by atoms with van der Waals surface area (Å²) in [7, 11) is 3.21. The molecule has 2 aliphatic heterocycles. The number of methoxy groups -OCH3 is 2. The first-order chi connectivity index (χ1) is 18.0. The molecule has 5 rings (SSSR count). The maximum atomic E-state index is 13.3. The van der Waals surface area contributed by atoms with Crippen LogP contribution < -0.4 is 9.47 Å². The molecule has 0 fully saturated rings. The van der Waals surface area contributed by atoms with E-state index in [0.29, 0.717) is 48.6 Å². The van der Waals surface area contributed by atoms with Gasteiger partial charge in [-0.2, -0.15) is 5.10 Å². The first kappa shape index (κ1) is 24.7. The van der Waals surface area contributed by atoms with E-state index >= 15 is 0 Å². The van der Waals surface area contributed by atoms with Crippen LogP contribution in [-0.2, 0) is 4.79 Å². The normalized spacial score (nSPS) is 20.6. The summed E-state index contributed by atoms with van der Waals surface area (Å²) in [5, 5.41) is 6.43. The van der Waals surface area contributed by atoms with Crippen molar-refractivity contribution in [1.29, 1.82) is 0 Å². The smallest absolute Gasteiger partial charge is 0.261 e. The van der Waals surface area contributed by atoms with Crippen LogP contribution >= 0.6 is 0 Å². The van der Waals surface area contributed by atoms with E-state index < -0.39 is 0 Å². The van der Waals surface area contributed by atoms with Crippen molar-refractivity contribution >= 4 is 23.4 Å². The Labute approximate surface area is 216 Å². The number of imide groups is 1. The number of hydrogen-bond acceptors (Lipinski definition) is 6. The van der Waals surface area contributed by atoms with Gasteiger partial charge in [-0.05, 0) is 62.4 Å². The third-order valence-corrected chi connectivity index (χ3v) is 7.39. The van der Waals surface area contributed by atoms with Crippen LogP contribution in [-0.4, -0.2) is 60.7 Å². The Kier molecular flexibility index (Phi) is 7.08. The molecule has 8 heteroatoms. The van der Waals surface area contributed by atoms with E-state index in [2.05, 4.69) is 12.2 Å². The number of nitrogens with zero attached hydrogens (tertiary/aromatic N) is 3. The van der Waals surface area contributed by atoms with Crippen LogP contribution in [0.4, 0.5) is 0 Å². The Morgan fingerprint density at radius 1 is 0.811 bits per heavy atom. The minimum absolute atomic E-state index is 0.0284. The van der Waals surface area contributed by atoms with Gasteiger partial charge in [-0.3, -0.25) is 19.3 Å². The molecule has 0 unspecified atom stereocenters.